The highest BCUT2D eigenvalue weighted by Gasteiger charge is 2.37. The number of likely N-dealkylation sites (tertiary alicyclic amines) is 1. The molecule has 2 aromatic carbocycles. The summed E-state index contributed by atoms with van der Waals surface area (Å²) < 4.78 is 28.3. The Kier molecular flexibility index (Phi) is 4.76. The fraction of sp³-hybridized carbons (Fsp3) is 0.400. The van der Waals surface area contributed by atoms with Gasteiger partial charge in [0.1, 0.15) is 0 Å². The average molecular weight is 315 g/mol. The zero-order chi connectivity index (χ0) is 16.3. The van der Waals surface area contributed by atoms with Crippen LogP contribution in [0.1, 0.15) is 16.7 Å². The molecule has 0 amide bonds. The van der Waals surface area contributed by atoms with Crippen molar-refractivity contribution in [2.24, 2.45) is 5.92 Å². The number of hydrogen-bond acceptors (Lipinski definition) is 1. The van der Waals surface area contributed by atoms with Crippen molar-refractivity contribution >= 4 is 0 Å². The molecule has 0 N–H and O–H groups in total. The molecule has 1 heterocycles. The minimum absolute atomic E-state index is 0.133. The molecule has 0 bridgehead atoms. The van der Waals surface area contributed by atoms with Gasteiger partial charge in [-0.3, -0.25) is 4.90 Å². The minimum Gasteiger partial charge on any atom is -0.297 e. The van der Waals surface area contributed by atoms with Crippen molar-refractivity contribution in [1.82, 2.24) is 4.90 Å². The van der Waals surface area contributed by atoms with E-state index in [1.807, 2.05) is 23.1 Å². The maximum Gasteiger partial charge on any atom is 0.264 e. The van der Waals surface area contributed by atoms with Gasteiger partial charge < -0.3 is 0 Å². The van der Waals surface area contributed by atoms with E-state index in [0.717, 1.165) is 19.5 Å². The van der Waals surface area contributed by atoms with Gasteiger partial charge >= 0.3 is 0 Å². The molecule has 1 fully saturated rings. The van der Waals surface area contributed by atoms with Gasteiger partial charge in [-0.05, 0) is 30.4 Å². The molecule has 3 heteroatoms. The minimum atomic E-state index is -2.66. The summed E-state index contributed by atoms with van der Waals surface area (Å²) >= 11 is 0. The van der Waals surface area contributed by atoms with Crippen LogP contribution in [0.25, 0.3) is 0 Å². The van der Waals surface area contributed by atoms with E-state index in [0.29, 0.717) is 11.5 Å². The first kappa shape index (κ1) is 16.1. The van der Waals surface area contributed by atoms with Gasteiger partial charge in [-0.15, -0.1) is 0 Å². The topological polar surface area (TPSA) is 3.24 Å². The lowest BCUT2D eigenvalue weighted by Crippen LogP contribution is -2.52. The summed E-state index contributed by atoms with van der Waals surface area (Å²) in [5, 5.41) is 0. The van der Waals surface area contributed by atoms with E-state index >= 15 is 0 Å². The van der Waals surface area contributed by atoms with Crippen molar-refractivity contribution in [3.05, 3.63) is 71.3 Å². The van der Waals surface area contributed by atoms with Gasteiger partial charge in [0.05, 0.1) is 6.54 Å². The molecule has 122 valence electrons. The second-order valence-corrected chi connectivity index (χ2v) is 6.77. The first-order valence-corrected chi connectivity index (χ1v) is 8.20. The third-order valence-corrected chi connectivity index (χ3v) is 4.44. The third kappa shape index (κ3) is 4.61. The van der Waals surface area contributed by atoms with Crippen molar-refractivity contribution in [3.63, 3.8) is 0 Å². The zero-order valence-electron chi connectivity index (χ0n) is 13.5. The number of halogens is 2. The van der Waals surface area contributed by atoms with Crippen LogP contribution in [-0.4, -0.2) is 30.5 Å². The Labute approximate surface area is 136 Å². The highest BCUT2D eigenvalue weighted by Crippen LogP contribution is 2.27. The lowest BCUT2D eigenvalue weighted by Gasteiger charge is -2.41. The van der Waals surface area contributed by atoms with Crippen LogP contribution < -0.4 is 0 Å². The Bertz CT molecular complexity index is 616. The van der Waals surface area contributed by atoms with E-state index in [1.54, 1.807) is 12.1 Å². The smallest absolute Gasteiger partial charge is 0.264 e. The molecule has 2 aromatic rings. The summed E-state index contributed by atoms with van der Waals surface area (Å²) in [7, 11) is 0. The number of rotatable bonds is 6. The van der Waals surface area contributed by atoms with Crippen LogP contribution in [0.5, 0.6) is 0 Å². The highest BCUT2D eigenvalue weighted by atomic mass is 19.3. The molecule has 0 unspecified atom stereocenters. The second kappa shape index (κ2) is 6.79. The number of aryl methyl sites for hydroxylation is 1. The lowest BCUT2D eigenvalue weighted by molar-refractivity contribution is -0.0593. The molecule has 3 rings (SSSR count). The summed E-state index contributed by atoms with van der Waals surface area (Å²) in [6.45, 7) is 3.49. The van der Waals surface area contributed by atoms with Crippen LogP contribution in [0, 0.1) is 12.8 Å². The SMILES string of the molecule is Cc1ccc(CC2CN(CC(F)(F)Cc3ccccc3)C2)cc1. The predicted molar refractivity (Wildman–Crippen MR) is 89.9 cm³/mol. The normalized spacial score (nSPS) is 16.3. The molecule has 0 radical (unpaired) electrons. The quantitative estimate of drug-likeness (QED) is 0.766. The van der Waals surface area contributed by atoms with Crippen LogP contribution in [0.3, 0.4) is 0 Å². The number of nitrogens with zero attached hydrogens (tertiary/aromatic N) is 1. The monoisotopic (exact) mass is 315 g/mol. The number of benzene rings is 2. The summed E-state index contributed by atoms with van der Waals surface area (Å²) in [6, 6.07) is 17.5. The largest absolute Gasteiger partial charge is 0.297 e. The highest BCUT2D eigenvalue weighted by molar-refractivity contribution is 5.22. The Morgan fingerprint density at radius 2 is 1.61 bits per heavy atom. The van der Waals surface area contributed by atoms with E-state index in [-0.39, 0.29) is 13.0 Å². The summed E-state index contributed by atoms with van der Waals surface area (Å²) in [6.07, 6.45) is 0.813. The van der Waals surface area contributed by atoms with Crippen LogP contribution in [0.4, 0.5) is 8.78 Å². The number of hydrogen-bond donors (Lipinski definition) is 0. The first-order chi connectivity index (χ1) is 11.0. The van der Waals surface area contributed by atoms with Gasteiger partial charge in [-0.1, -0.05) is 60.2 Å². The molecule has 0 aliphatic carbocycles. The third-order valence-electron chi connectivity index (χ3n) is 4.44. The Hall–Kier alpha value is -1.74. The maximum absolute atomic E-state index is 14.1. The van der Waals surface area contributed by atoms with Crippen molar-refractivity contribution in [3.8, 4) is 0 Å². The molecular weight excluding hydrogens is 292 g/mol. The molecule has 1 saturated heterocycles. The van der Waals surface area contributed by atoms with Crippen LogP contribution in [0.15, 0.2) is 54.6 Å². The van der Waals surface area contributed by atoms with Gasteiger partial charge in [-0.25, -0.2) is 8.78 Å². The lowest BCUT2D eigenvalue weighted by atomic mass is 9.91. The number of alkyl halides is 2. The molecule has 1 nitrogen and oxygen atoms in total. The first-order valence-electron chi connectivity index (χ1n) is 8.20. The predicted octanol–water partition coefficient (Wildman–Crippen LogP) is 4.35. The fourth-order valence-corrected chi connectivity index (χ4v) is 3.27. The van der Waals surface area contributed by atoms with E-state index in [1.165, 1.54) is 11.1 Å². The van der Waals surface area contributed by atoms with Gasteiger partial charge in [0, 0.05) is 19.5 Å². The van der Waals surface area contributed by atoms with E-state index in [4.69, 9.17) is 0 Å². The molecule has 1 aliphatic heterocycles. The molecule has 0 spiro atoms. The average Bonchev–Trinajstić information content (AvgIpc) is 2.47. The standard InChI is InChI=1S/C20H23F2N/c1-16-7-9-17(10-8-16)11-19-13-23(14-19)15-20(21,22)12-18-5-3-2-4-6-18/h2-10,19H,11-15H2,1H3. The summed E-state index contributed by atoms with van der Waals surface area (Å²) in [5.41, 5.74) is 3.26. The Morgan fingerprint density at radius 3 is 2.26 bits per heavy atom. The van der Waals surface area contributed by atoms with Gasteiger partial charge in [-0.2, -0.15) is 0 Å². The second-order valence-electron chi connectivity index (χ2n) is 6.77. The van der Waals surface area contributed by atoms with Crippen molar-refractivity contribution in [1.29, 1.82) is 0 Å². The van der Waals surface area contributed by atoms with E-state index in [9.17, 15) is 8.78 Å². The van der Waals surface area contributed by atoms with Gasteiger partial charge in [0.25, 0.3) is 5.92 Å². The van der Waals surface area contributed by atoms with Crippen molar-refractivity contribution in [2.75, 3.05) is 19.6 Å². The molecular formula is C20H23F2N. The van der Waals surface area contributed by atoms with Gasteiger partial charge in [0.2, 0.25) is 0 Å². The molecule has 0 atom stereocenters. The van der Waals surface area contributed by atoms with Gasteiger partial charge in [0.15, 0.2) is 0 Å². The molecule has 23 heavy (non-hydrogen) atoms. The zero-order valence-corrected chi connectivity index (χ0v) is 13.5. The Balaban J connectivity index is 1.45. The van der Waals surface area contributed by atoms with E-state index < -0.39 is 5.92 Å². The molecule has 0 saturated carbocycles. The van der Waals surface area contributed by atoms with Crippen molar-refractivity contribution < 1.29 is 8.78 Å². The van der Waals surface area contributed by atoms with Crippen LogP contribution in [-0.2, 0) is 12.8 Å². The van der Waals surface area contributed by atoms with Crippen molar-refractivity contribution in [2.45, 2.75) is 25.7 Å². The maximum atomic E-state index is 14.1. The van der Waals surface area contributed by atoms with E-state index in [2.05, 4.69) is 31.2 Å². The molecule has 0 aromatic heterocycles. The molecule has 1 aliphatic rings. The summed E-state index contributed by atoms with van der Waals surface area (Å²) in [5.74, 6) is -2.15. The van der Waals surface area contributed by atoms with Crippen LogP contribution in [0.2, 0.25) is 0 Å². The Morgan fingerprint density at radius 1 is 0.957 bits per heavy atom. The summed E-state index contributed by atoms with van der Waals surface area (Å²) in [4.78, 5) is 1.88. The fourth-order valence-electron chi connectivity index (χ4n) is 3.27. The van der Waals surface area contributed by atoms with Crippen LogP contribution >= 0.6 is 0 Å².